The molecule has 0 aromatic rings. The van der Waals surface area contributed by atoms with Crippen molar-refractivity contribution in [2.75, 3.05) is 0 Å². The molecule has 0 spiro atoms. The molecule has 0 aliphatic heterocycles. The molecule has 0 unspecified atom stereocenters. The lowest BCUT2D eigenvalue weighted by Gasteiger charge is -1.98. The van der Waals surface area contributed by atoms with E-state index in [1.54, 1.807) is 0 Å². The molecular weight excluding hydrogens is 320 g/mol. The summed E-state index contributed by atoms with van der Waals surface area (Å²) in [6, 6.07) is 0. The Hall–Kier alpha value is -1.83. The Morgan fingerprint density at radius 2 is 1.04 bits per heavy atom. The molecule has 26 heavy (non-hydrogen) atoms. The Morgan fingerprint density at radius 3 is 1.54 bits per heavy atom. The first-order valence-electron chi connectivity index (χ1n) is 10.2. The Labute approximate surface area is 161 Å². The average molecular weight is 359 g/mol. The molecule has 0 aromatic carbocycles. The minimum Gasteiger partial charge on any atom is -0.481 e. The second kappa shape index (κ2) is 21.2. The lowest BCUT2D eigenvalue weighted by molar-refractivity contribution is -0.137. The first kappa shape index (κ1) is 24.2. The van der Waals surface area contributed by atoms with E-state index < -0.39 is 5.97 Å². The van der Waals surface area contributed by atoms with E-state index in [1.807, 2.05) is 0 Å². The van der Waals surface area contributed by atoms with Gasteiger partial charge in [-0.1, -0.05) is 86.9 Å². The fourth-order valence-electron chi connectivity index (χ4n) is 2.44. The highest BCUT2D eigenvalue weighted by Gasteiger charge is 1.95. The third-order valence-electron chi connectivity index (χ3n) is 3.92. The number of carboxylic acid groups (broad SMARTS) is 1. The molecule has 0 aliphatic rings. The molecule has 0 bridgehead atoms. The van der Waals surface area contributed by atoms with Gasteiger partial charge in [0.05, 0.1) is 0 Å². The van der Waals surface area contributed by atoms with Crippen molar-refractivity contribution in [1.29, 1.82) is 0 Å². The van der Waals surface area contributed by atoms with Gasteiger partial charge in [-0.2, -0.15) is 0 Å². The van der Waals surface area contributed by atoms with Gasteiger partial charge in [-0.3, -0.25) is 4.79 Å². The van der Waals surface area contributed by atoms with Gasteiger partial charge in [0.2, 0.25) is 0 Å². The maximum Gasteiger partial charge on any atom is 0.303 e. The van der Waals surface area contributed by atoms with E-state index in [0.29, 0.717) is 6.42 Å². The Morgan fingerprint density at radius 1 is 0.615 bits per heavy atom. The van der Waals surface area contributed by atoms with Crippen LogP contribution in [-0.4, -0.2) is 11.1 Å². The van der Waals surface area contributed by atoms with E-state index in [1.165, 1.54) is 12.8 Å². The van der Waals surface area contributed by atoms with Crippen LogP contribution < -0.4 is 0 Å². The van der Waals surface area contributed by atoms with Crippen LogP contribution in [0.25, 0.3) is 0 Å². The predicted octanol–water partition coefficient (Wildman–Crippen LogP) is 7.55. The van der Waals surface area contributed by atoms with Gasteiger partial charge in [0.15, 0.2) is 0 Å². The van der Waals surface area contributed by atoms with Crippen LogP contribution in [0.15, 0.2) is 60.8 Å². The van der Waals surface area contributed by atoms with E-state index in [-0.39, 0.29) is 0 Å². The van der Waals surface area contributed by atoms with Crippen molar-refractivity contribution in [1.82, 2.24) is 0 Å². The third kappa shape index (κ3) is 22.2. The summed E-state index contributed by atoms with van der Waals surface area (Å²) in [7, 11) is 0. The summed E-state index contributed by atoms with van der Waals surface area (Å²) in [6.45, 7) is 2.15. The number of hydrogen-bond acceptors (Lipinski definition) is 1. The molecule has 0 aromatic heterocycles. The van der Waals surface area contributed by atoms with Gasteiger partial charge >= 0.3 is 5.97 Å². The summed E-state index contributed by atoms with van der Waals surface area (Å²) < 4.78 is 0. The van der Waals surface area contributed by atoms with Gasteiger partial charge in [0.25, 0.3) is 0 Å². The zero-order chi connectivity index (χ0) is 19.1. The van der Waals surface area contributed by atoms with Gasteiger partial charge < -0.3 is 5.11 Å². The molecule has 0 saturated carbocycles. The van der Waals surface area contributed by atoms with Gasteiger partial charge in [-0.15, -0.1) is 0 Å². The van der Waals surface area contributed by atoms with Crippen LogP contribution in [-0.2, 0) is 4.79 Å². The molecule has 0 radical (unpaired) electrons. The molecule has 0 rings (SSSR count). The predicted molar refractivity (Wildman–Crippen MR) is 114 cm³/mol. The van der Waals surface area contributed by atoms with E-state index in [9.17, 15) is 4.79 Å². The number of carbonyl (C=O) groups is 1. The van der Waals surface area contributed by atoms with Crippen LogP contribution in [0.3, 0.4) is 0 Å². The van der Waals surface area contributed by atoms with Crippen LogP contribution in [0.2, 0.25) is 0 Å². The standard InChI is InChI=1S/C24H38O2/c1-2-3-4-5-6-7-8-9-10-11-12-13-14-15-16-17-18-19-20-21-22-23-24(25)26/h3-4,6-7,9-10,12-13,15-16H,2,5,8,11,14,17-23H2,1H3,(H,25,26)/b4-3-,7-6-,10-9?,13-12?,16-15?. The summed E-state index contributed by atoms with van der Waals surface area (Å²) in [6.07, 6.45) is 34.3. The van der Waals surface area contributed by atoms with Crippen LogP contribution >= 0.6 is 0 Å². The van der Waals surface area contributed by atoms with E-state index in [4.69, 9.17) is 5.11 Å². The number of carboxylic acids is 1. The van der Waals surface area contributed by atoms with Crippen molar-refractivity contribution >= 4 is 5.97 Å². The van der Waals surface area contributed by atoms with E-state index in [0.717, 1.165) is 57.8 Å². The monoisotopic (exact) mass is 358 g/mol. The highest BCUT2D eigenvalue weighted by molar-refractivity contribution is 5.66. The van der Waals surface area contributed by atoms with Gasteiger partial charge in [-0.25, -0.2) is 0 Å². The second-order valence-corrected chi connectivity index (χ2v) is 6.41. The average Bonchev–Trinajstić information content (AvgIpc) is 2.62. The summed E-state index contributed by atoms with van der Waals surface area (Å²) in [5.74, 6) is -0.677. The van der Waals surface area contributed by atoms with Gasteiger partial charge in [0, 0.05) is 6.42 Å². The maximum atomic E-state index is 10.4. The summed E-state index contributed by atoms with van der Waals surface area (Å²) in [5, 5.41) is 8.55. The van der Waals surface area contributed by atoms with Crippen molar-refractivity contribution < 1.29 is 9.90 Å². The Balaban J connectivity index is 3.38. The SMILES string of the molecule is CC/C=C\C/C=C\CC=CCC=CCC=CCCCCCCCC(=O)O. The first-order valence-corrected chi connectivity index (χ1v) is 10.2. The molecule has 1 N–H and O–H groups in total. The van der Waals surface area contributed by atoms with Crippen molar-refractivity contribution in [3.63, 3.8) is 0 Å². The third-order valence-corrected chi connectivity index (χ3v) is 3.92. The van der Waals surface area contributed by atoms with Gasteiger partial charge in [-0.05, 0) is 51.4 Å². The number of rotatable bonds is 17. The Kier molecular flexibility index (Phi) is 19.7. The van der Waals surface area contributed by atoms with Crippen molar-refractivity contribution in [3.05, 3.63) is 60.8 Å². The number of unbranched alkanes of at least 4 members (excludes halogenated alkanes) is 5. The van der Waals surface area contributed by atoms with Crippen LogP contribution in [0.5, 0.6) is 0 Å². The topological polar surface area (TPSA) is 37.3 Å². The van der Waals surface area contributed by atoms with Crippen LogP contribution in [0.1, 0.15) is 84.0 Å². The summed E-state index contributed by atoms with van der Waals surface area (Å²) in [5.41, 5.74) is 0. The summed E-state index contributed by atoms with van der Waals surface area (Å²) in [4.78, 5) is 10.4. The first-order chi connectivity index (χ1) is 12.8. The lowest BCUT2D eigenvalue weighted by Crippen LogP contribution is -1.93. The highest BCUT2D eigenvalue weighted by atomic mass is 16.4. The van der Waals surface area contributed by atoms with Crippen molar-refractivity contribution in [3.8, 4) is 0 Å². The van der Waals surface area contributed by atoms with Crippen molar-refractivity contribution in [2.24, 2.45) is 0 Å². The minimum absolute atomic E-state index is 0.314. The zero-order valence-electron chi connectivity index (χ0n) is 16.6. The number of allylic oxidation sites excluding steroid dienone is 10. The molecule has 0 fully saturated rings. The normalized spacial score (nSPS) is 12.7. The molecule has 0 amide bonds. The molecule has 0 saturated heterocycles. The largest absolute Gasteiger partial charge is 0.481 e. The molecule has 146 valence electrons. The molecule has 0 heterocycles. The van der Waals surface area contributed by atoms with Gasteiger partial charge in [0.1, 0.15) is 0 Å². The minimum atomic E-state index is -0.677. The molecular formula is C24H38O2. The molecule has 2 heteroatoms. The quantitative estimate of drug-likeness (QED) is 0.215. The van der Waals surface area contributed by atoms with Crippen LogP contribution in [0, 0.1) is 0 Å². The zero-order valence-corrected chi connectivity index (χ0v) is 16.6. The van der Waals surface area contributed by atoms with Crippen molar-refractivity contribution in [2.45, 2.75) is 84.0 Å². The fraction of sp³-hybridized carbons (Fsp3) is 0.542. The summed E-state index contributed by atoms with van der Waals surface area (Å²) >= 11 is 0. The molecule has 2 nitrogen and oxygen atoms in total. The van der Waals surface area contributed by atoms with E-state index in [2.05, 4.69) is 67.7 Å². The number of hydrogen-bond donors (Lipinski definition) is 1. The van der Waals surface area contributed by atoms with Crippen LogP contribution in [0.4, 0.5) is 0 Å². The fourth-order valence-corrected chi connectivity index (χ4v) is 2.44. The van der Waals surface area contributed by atoms with E-state index >= 15 is 0 Å². The molecule has 0 atom stereocenters. The Bertz CT molecular complexity index is 453. The number of aliphatic carboxylic acids is 1. The molecule has 0 aliphatic carbocycles. The lowest BCUT2D eigenvalue weighted by atomic mass is 10.1. The highest BCUT2D eigenvalue weighted by Crippen LogP contribution is 2.07. The maximum absolute atomic E-state index is 10.4. The smallest absolute Gasteiger partial charge is 0.303 e. The second-order valence-electron chi connectivity index (χ2n) is 6.41.